The molecule has 2 saturated heterocycles. The normalized spacial score (nSPS) is 17.0. The summed E-state index contributed by atoms with van der Waals surface area (Å²) in [4.78, 5) is 63.2. The highest BCUT2D eigenvalue weighted by atomic mass is 35.5. The molecule has 15 heteroatoms. The van der Waals surface area contributed by atoms with Gasteiger partial charge in [0.2, 0.25) is 11.8 Å². The van der Waals surface area contributed by atoms with Crippen molar-refractivity contribution in [2.75, 3.05) is 26.7 Å². The van der Waals surface area contributed by atoms with Gasteiger partial charge in [-0.3, -0.25) is 23.7 Å². The Morgan fingerprint density at radius 2 is 1.67 bits per heavy atom. The molecule has 2 fully saturated rings. The van der Waals surface area contributed by atoms with Crippen LogP contribution in [-0.4, -0.2) is 85.6 Å². The Morgan fingerprint density at radius 1 is 0.966 bits per heavy atom. The minimum absolute atomic E-state index is 0.0501. The molecule has 2 N–H and O–H groups in total. The SMILES string of the molecule is COc1nc(-c2cccc(-c3cccc(-c4ccn5c(=O)c(CN(CC6CCC(=O)N6)C(=O)OC(C)(C)C)cnc5c4)c3Cl)c2Cl)ccc1CN1CC[C@H](C(=O)O)C1. The number of carbonyl (C=O) groups excluding carboxylic acids is 2. The first-order valence-corrected chi connectivity index (χ1v) is 19.8. The van der Waals surface area contributed by atoms with Gasteiger partial charge in [0.05, 0.1) is 40.9 Å². The van der Waals surface area contributed by atoms with E-state index in [2.05, 4.69) is 15.2 Å². The summed E-state index contributed by atoms with van der Waals surface area (Å²) >= 11 is 14.3. The molecule has 7 rings (SSSR count). The molecule has 2 aliphatic rings. The van der Waals surface area contributed by atoms with E-state index in [1.165, 1.54) is 15.5 Å². The maximum Gasteiger partial charge on any atom is 0.410 e. The Labute approximate surface area is 345 Å². The maximum atomic E-state index is 13.8. The van der Waals surface area contributed by atoms with Gasteiger partial charge in [0.15, 0.2) is 0 Å². The van der Waals surface area contributed by atoms with Crippen molar-refractivity contribution in [3.8, 4) is 39.4 Å². The first-order valence-electron chi connectivity index (χ1n) is 19.0. The number of aliphatic carboxylic acids is 1. The Hall–Kier alpha value is -5.50. The van der Waals surface area contributed by atoms with Crippen molar-refractivity contribution in [1.29, 1.82) is 0 Å². The summed E-state index contributed by atoms with van der Waals surface area (Å²) in [6.07, 6.45) is 4.07. The fourth-order valence-electron chi connectivity index (χ4n) is 7.44. The van der Waals surface area contributed by atoms with Crippen LogP contribution in [0.3, 0.4) is 0 Å². The van der Waals surface area contributed by atoms with Crippen LogP contribution in [0.1, 0.15) is 51.2 Å². The van der Waals surface area contributed by atoms with Crippen molar-refractivity contribution in [3.63, 3.8) is 0 Å². The monoisotopic (exact) mass is 826 g/mol. The highest BCUT2D eigenvalue weighted by Gasteiger charge is 2.30. The fraction of sp³-hybridized carbons (Fsp3) is 0.349. The van der Waals surface area contributed by atoms with Crippen LogP contribution in [0.5, 0.6) is 5.88 Å². The molecule has 2 aromatic carbocycles. The third-order valence-corrected chi connectivity index (χ3v) is 11.2. The molecular formula is C43H44Cl2N6O7. The van der Waals surface area contributed by atoms with Gasteiger partial charge in [-0.05, 0) is 63.9 Å². The van der Waals surface area contributed by atoms with Gasteiger partial charge in [-0.15, -0.1) is 0 Å². The average Bonchev–Trinajstić information content (AvgIpc) is 3.84. The molecule has 302 valence electrons. The molecule has 5 heterocycles. The lowest BCUT2D eigenvalue weighted by Gasteiger charge is -2.29. The van der Waals surface area contributed by atoms with Gasteiger partial charge in [-0.2, -0.15) is 0 Å². The zero-order chi connectivity index (χ0) is 41.3. The Morgan fingerprint density at radius 3 is 2.33 bits per heavy atom. The summed E-state index contributed by atoms with van der Waals surface area (Å²) in [6, 6.07) is 18.4. The largest absolute Gasteiger partial charge is 0.481 e. The summed E-state index contributed by atoms with van der Waals surface area (Å²) in [6.45, 7) is 7.13. The van der Waals surface area contributed by atoms with Crippen LogP contribution in [0.25, 0.3) is 39.2 Å². The van der Waals surface area contributed by atoms with Crippen molar-refractivity contribution >= 4 is 46.8 Å². The van der Waals surface area contributed by atoms with E-state index >= 15 is 0 Å². The second-order valence-corrected chi connectivity index (χ2v) is 16.4. The lowest BCUT2D eigenvalue weighted by atomic mass is 9.97. The molecule has 0 spiro atoms. The number of halogens is 2. The number of ether oxygens (including phenoxy) is 2. The van der Waals surface area contributed by atoms with E-state index in [1.807, 2.05) is 48.5 Å². The van der Waals surface area contributed by atoms with Crippen molar-refractivity contribution in [2.24, 2.45) is 5.92 Å². The molecule has 3 aromatic heterocycles. The first-order chi connectivity index (χ1) is 27.7. The van der Waals surface area contributed by atoms with Gasteiger partial charge in [-0.1, -0.05) is 65.7 Å². The van der Waals surface area contributed by atoms with E-state index in [4.69, 9.17) is 37.7 Å². The molecule has 0 saturated carbocycles. The van der Waals surface area contributed by atoms with E-state index in [1.54, 1.807) is 46.2 Å². The number of methoxy groups -OCH3 is 1. The predicted molar refractivity (Wildman–Crippen MR) is 221 cm³/mol. The zero-order valence-corrected chi connectivity index (χ0v) is 34.1. The van der Waals surface area contributed by atoms with Gasteiger partial charge in [-0.25, -0.2) is 14.8 Å². The lowest BCUT2D eigenvalue weighted by molar-refractivity contribution is -0.141. The molecule has 5 aromatic rings. The third kappa shape index (κ3) is 8.81. The summed E-state index contributed by atoms with van der Waals surface area (Å²) in [5, 5.41) is 13.2. The third-order valence-electron chi connectivity index (χ3n) is 10.3. The molecule has 58 heavy (non-hydrogen) atoms. The van der Waals surface area contributed by atoms with Crippen LogP contribution >= 0.6 is 23.2 Å². The van der Waals surface area contributed by atoms with Crippen LogP contribution in [0.4, 0.5) is 4.79 Å². The number of pyridine rings is 2. The number of nitrogens with one attached hydrogen (secondary N) is 1. The Bertz CT molecular complexity index is 2470. The number of fused-ring (bicyclic) bond motifs is 1. The van der Waals surface area contributed by atoms with E-state index in [9.17, 15) is 24.3 Å². The molecule has 0 aliphatic carbocycles. The van der Waals surface area contributed by atoms with Crippen LogP contribution in [0.2, 0.25) is 10.0 Å². The molecule has 0 bridgehead atoms. The minimum Gasteiger partial charge on any atom is -0.481 e. The quantitative estimate of drug-likeness (QED) is 0.138. The molecular weight excluding hydrogens is 783 g/mol. The molecule has 1 unspecified atom stereocenters. The summed E-state index contributed by atoms with van der Waals surface area (Å²) in [7, 11) is 1.56. The molecule has 2 aliphatic heterocycles. The van der Waals surface area contributed by atoms with Gasteiger partial charge in [0.25, 0.3) is 5.56 Å². The lowest BCUT2D eigenvalue weighted by Crippen LogP contribution is -2.44. The van der Waals surface area contributed by atoms with Gasteiger partial charge < -0.3 is 24.8 Å². The number of benzene rings is 2. The van der Waals surface area contributed by atoms with E-state index in [-0.39, 0.29) is 42.1 Å². The molecule has 2 atom stereocenters. The smallest absolute Gasteiger partial charge is 0.410 e. The number of carboxylic acid groups (broad SMARTS) is 1. The second-order valence-electron chi connectivity index (χ2n) is 15.7. The van der Waals surface area contributed by atoms with Gasteiger partial charge >= 0.3 is 12.1 Å². The fourth-order valence-corrected chi connectivity index (χ4v) is 8.10. The number of carboxylic acids is 1. The van der Waals surface area contributed by atoms with Crippen molar-refractivity contribution in [3.05, 3.63) is 105 Å². The highest BCUT2D eigenvalue weighted by Crippen LogP contribution is 2.42. The van der Waals surface area contributed by atoms with Crippen molar-refractivity contribution in [1.82, 2.24) is 29.5 Å². The summed E-state index contributed by atoms with van der Waals surface area (Å²) in [5.74, 6) is -0.794. The summed E-state index contributed by atoms with van der Waals surface area (Å²) in [5.41, 5.74) is 4.52. The molecule has 13 nitrogen and oxygen atoms in total. The Kier molecular flexibility index (Phi) is 11.8. The Balaban J connectivity index is 1.14. The number of aromatic nitrogens is 3. The summed E-state index contributed by atoms with van der Waals surface area (Å²) < 4.78 is 12.7. The number of hydrogen-bond acceptors (Lipinski definition) is 9. The van der Waals surface area contributed by atoms with E-state index in [0.717, 1.165) is 11.1 Å². The standard InChI is InChI=1S/C43H44Cl2N6O7/c1-43(2,3)58-42(56)50(24-29-12-14-36(52)47-29)23-28-20-46-35-19-25(16-18-51(35)40(28)53)30-7-5-8-31(37(30)44)32-9-6-10-33(38(32)45)34-13-11-26(39(48-34)57-4)21-49-17-15-27(22-49)41(54)55/h5-11,13,16,18-20,27,29H,12,14-15,17,21-24H2,1-4H3,(H,47,52)(H,54,55)/t27-,29?/m0/s1. The number of rotatable bonds is 11. The number of hydrogen-bond donors (Lipinski definition) is 2. The van der Waals surface area contributed by atoms with Crippen LogP contribution < -0.4 is 15.6 Å². The topological polar surface area (TPSA) is 156 Å². The number of likely N-dealkylation sites (tertiary alicyclic amines) is 1. The molecule has 0 radical (unpaired) electrons. The van der Waals surface area contributed by atoms with Gasteiger partial charge in [0, 0.05) is 72.3 Å². The first kappa shape index (κ1) is 40.7. The van der Waals surface area contributed by atoms with Crippen LogP contribution in [-0.2, 0) is 27.4 Å². The van der Waals surface area contributed by atoms with E-state index in [0.29, 0.717) is 88.4 Å². The highest BCUT2D eigenvalue weighted by molar-refractivity contribution is 6.39. The number of nitrogens with zero attached hydrogens (tertiary/aromatic N) is 5. The van der Waals surface area contributed by atoms with Crippen LogP contribution in [0.15, 0.2) is 77.9 Å². The predicted octanol–water partition coefficient (Wildman–Crippen LogP) is 7.33. The van der Waals surface area contributed by atoms with Crippen molar-refractivity contribution < 1.29 is 29.0 Å². The second kappa shape index (κ2) is 16.8. The van der Waals surface area contributed by atoms with Crippen LogP contribution in [0, 0.1) is 5.92 Å². The van der Waals surface area contributed by atoms with E-state index < -0.39 is 17.7 Å². The maximum absolute atomic E-state index is 13.8. The van der Waals surface area contributed by atoms with Crippen molar-refractivity contribution in [2.45, 2.75) is 64.8 Å². The zero-order valence-electron chi connectivity index (χ0n) is 32.6. The molecule has 2 amide bonds. The van der Waals surface area contributed by atoms with Gasteiger partial charge in [0.1, 0.15) is 11.2 Å². The number of carbonyl (C=O) groups is 3. The average molecular weight is 828 g/mol. The minimum atomic E-state index is -0.778. The number of amides is 2.